The van der Waals surface area contributed by atoms with E-state index in [1.54, 1.807) is 6.92 Å². The molecule has 1 heterocycles. The van der Waals surface area contributed by atoms with Gasteiger partial charge >= 0.3 is 0 Å². The molecule has 0 saturated heterocycles. The van der Waals surface area contributed by atoms with Crippen molar-refractivity contribution in [1.29, 1.82) is 0 Å². The van der Waals surface area contributed by atoms with Crippen LogP contribution in [0.4, 0.5) is 0 Å². The second-order valence-corrected chi connectivity index (χ2v) is 3.89. The summed E-state index contributed by atoms with van der Waals surface area (Å²) in [6.45, 7) is 7.90. The third-order valence-electron chi connectivity index (χ3n) is 1.65. The van der Waals surface area contributed by atoms with Gasteiger partial charge in [-0.25, -0.2) is 0 Å². The molecule has 1 N–H and O–H groups in total. The SMILES string of the molecule is CC1N=C(C(C)(C)C)NC1=O. The third-order valence-corrected chi connectivity index (χ3v) is 1.65. The summed E-state index contributed by atoms with van der Waals surface area (Å²) < 4.78 is 0. The average molecular weight is 154 g/mol. The van der Waals surface area contributed by atoms with Gasteiger partial charge in [0.1, 0.15) is 11.9 Å². The molecule has 1 unspecified atom stereocenters. The quantitative estimate of drug-likeness (QED) is 0.554. The molecule has 62 valence electrons. The lowest BCUT2D eigenvalue weighted by atomic mass is 9.95. The highest BCUT2D eigenvalue weighted by Gasteiger charge is 2.29. The summed E-state index contributed by atoms with van der Waals surface area (Å²) in [4.78, 5) is 15.2. The Kier molecular flexibility index (Phi) is 1.74. The summed E-state index contributed by atoms with van der Waals surface area (Å²) in [7, 11) is 0. The summed E-state index contributed by atoms with van der Waals surface area (Å²) in [5, 5.41) is 2.75. The van der Waals surface area contributed by atoms with Crippen molar-refractivity contribution in [3.8, 4) is 0 Å². The van der Waals surface area contributed by atoms with E-state index in [2.05, 4.69) is 10.3 Å². The number of hydrogen-bond donors (Lipinski definition) is 1. The molecule has 1 atom stereocenters. The molecule has 0 spiro atoms. The molecule has 0 aliphatic carbocycles. The van der Waals surface area contributed by atoms with Crippen molar-refractivity contribution in [3.63, 3.8) is 0 Å². The molecule has 1 rings (SSSR count). The van der Waals surface area contributed by atoms with Crippen LogP contribution in [0.1, 0.15) is 27.7 Å². The summed E-state index contributed by atoms with van der Waals surface area (Å²) >= 11 is 0. The Morgan fingerprint density at radius 2 is 2.00 bits per heavy atom. The van der Waals surface area contributed by atoms with Crippen LogP contribution in [-0.4, -0.2) is 17.8 Å². The summed E-state index contributed by atoms with van der Waals surface area (Å²) in [6, 6.07) is -0.204. The van der Waals surface area contributed by atoms with Gasteiger partial charge in [-0.15, -0.1) is 0 Å². The maximum absolute atomic E-state index is 11.0. The molecule has 0 bridgehead atoms. The number of amidine groups is 1. The molecule has 0 aromatic carbocycles. The minimum Gasteiger partial charge on any atom is -0.312 e. The first-order valence-corrected chi connectivity index (χ1v) is 3.80. The first-order valence-electron chi connectivity index (χ1n) is 3.80. The van der Waals surface area contributed by atoms with E-state index in [4.69, 9.17) is 0 Å². The second-order valence-electron chi connectivity index (χ2n) is 3.89. The van der Waals surface area contributed by atoms with Crippen molar-refractivity contribution in [3.05, 3.63) is 0 Å². The Bertz CT molecular complexity index is 213. The number of aliphatic imine (C=N–C) groups is 1. The fourth-order valence-electron chi connectivity index (χ4n) is 0.887. The smallest absolute Gasteiger partial charge is 0.249 e. The molecule has 0 radical (unpaired) electrons. The number of nitrogens with zero attached hydrogens (tertiary/aromatic N) is 1. The van der Waals surface area contributed by atoms with Crippen LogP contribution in [0.25, 0.3) is 0 Å². The first kappa shape index (κ1) is 8.24. The molecule has 1 aliphatic heterocycles. The average Bonchev–Trinajstić information content (AvgIpc) is 2.11. The van der Waals surface area contributed by atoms with Crippen molar-refractivity contribution in [2.75, 3.05) is 0 Å². The van der Waals surface area contributed by atoms with Gasteiger partial charge in [-0.2, -0.15) is 0 Å². The highest BCUT2D eigenvalue weighted by Crippen LogP contribution is 2.18. The number of carbonyl (C=O) groups is 1. The van der Waals surface area contributed by atoms with Gasteiger partial charge in [-0.3, -0.25) is 9.79 Å². The van der Waals surface area contributed by atoms with Crippen LogP contribution < -0.4 is 5.32 Å². The largest absolute Gasteiger partial charge is 0.312 e. The van der Waals surface area contributed by atoms with Crippen molar-refractivity contribution in [1.82, 2.24) is 5.32 Å². The number of amides is 1. The van der Waals surface area contributed by atoms with E-state index in [-0.39, 0.29) is 17.4 Å². The van der Waals surface area contributed by atoms with Crippen LogP contribution >= 0.6 is 0 Å². The van der Waals surface area contributed by atoms with Crippen molar-refractivity contribution >= 4 is 11.7 Å². The van der Waals surface area contributed by atoms with E-state index in [1.165, 1.54) is 0 Å². The van der Waals surface area contributed by atoms with E-state index in [0.29, 0.717) is 0 Å². The lowest BCUT2D eigenvalue weighted by Gasteiger charge is -2.17. The Morgan fingerprint density at radius 1 is 1.45 bits per heavy atom. The van der Waals surface area contributed by atoms with E-state index in [0.717, 1.165) is 5.84 Å². The van der Waals surface area contributed by atoms with Crippen LogP contribution in [0, 0.1) is 5.41 Å². The lowest BCUT2D eigenvalue weighted by molar-refractivity contribution is -0.119. The Morgan fingerprint density at radius 3 is 2.18 bits per heavy atom. The molecule has 1 aliphatic rings. The predicted molar refractivity (Wildman–Crippen MR) is 44.5 cm³/mol. The van der Waals surface area contributed by atoms with Gasteiger partial charge in [-0.05, 0) is 6.92 Å². The Hall–Kier alpha value is -0.860. The maximum Gasteiger partial charge on any atom is 0.249 e. The predicted octanol–water partition coefficient (Wildman–Crippen LogP) is 0.949. The molecular weight excluding hydrogens is 140 g/mol. The third kappa shape index (κ3) is 1.59. The van der Waals surface area contributed by atoms with E-state index in [1.807, 2.05) is 20.8 Å². The topological polar surface area (TPSA) is 41.5 Å². The van der Waals surface area contributed by atoms with E-state index in [9.17, 15) is 4.79 Å². The van der Waals surface area contributed by atoms with Gasteiger partial charge in [0, 0.05) is 5.41 Å². The van der Waals surface area contributed by atoms with Gasteiger partial charge < -0.3 is 5.32 Å². The summed E-state index contributed by atoms with van der Waals surface area (Å²) in [5.41, 5.74) is -0.0413. The standard InChI is InChI=1S/C8H14N2O/c1-5-6(11)10-7(9-5)8(2,3)4/h5H,1-4H3,(H,9,10,11). The number of carbonyl (C=O) groups excluding carboxylic acids is 1. The molecule has 11 heavy (non-hydrogen) atoms. The lowest BCUT2D eigenvalue weighted by Crippen LogP contribution is -2.35. The minimum absolute atomic E-state index is 0.00919. The van der Waals surface area contributed by atoms with Crippen molar-refractivity contribution < 1.29 is 4.79 Å². The van der Waals surface area contributed by atoms with Crippen molar-refractivity contribution in [2.24, 2.45) is 10.4 Å². The van der Waals surface area contributed by atoms with Crippen LogP contribution in [0.5, 0.6) is 0 Å². The fourth-order valence-corrected chi connectivity index (χ4v) is 0.887. The Balaban J connectivity index is 2.79. The summed E-state index contributed by atoms with van der Waals surface area (Å²) in [6.07, 6.45) is 0. The zero-order valence-corrected chi connectivity index (χ0v) is 7.43. The number of nitrogens with one attached hydrogen (secondary N) is 1. The highest BCUT2D eigenvalue weighted by atomic mass is 16.2. The van der Waals surface area contributed by atoms with Crippen molar-refractivity contribution in [2.45, 2.75) is 33.7 Å². The highest BCUT2D eigenvalue weighted by molar-refractivity contribution is 6.07. The zero-order valence-electron chi connectivity index (χ0n) is 7.43. The molecule has 1 amide bonds. The normalized spacial score (nSPS) is 24.9. The molecule has 0 aromatic rings. The zero-order chi connectivity index (χ0) is 8.65. The van der Waals surface area contributed by atoms with Crippen LogP contribution in [-0.2, 0) is 4.79 Å². The molecular formula is C8H14N2O. The van der Waals surface area contributed by atoms with Crippen LogP contribution in [0.2, 0.25) is 0 Å². The monoisotopic (exact) mass is 154 g/mol. The Labute approximate surface area is 66.9 Å². The maximum atomic E-state index is 11.0. The number of rotatable bonds is 0. The minimum atomic E-state index is -0.204. The van der Waals surface area contributed by atoms with Crippen LogP contribution in [0.15, 0.2) is 4.99 Å². The van der Waals surface area contributed by atoms with Crippen LogP contribution in [0.3, 0.4) is 0 Å². The second kappa shape index (κ2) is 2.32. The van der Waals surface area contributed by atoms with Gasteiger partial charge in [0.05, 0.1) is 0 Å². The van der Waals surface area contributed by atoms with Gasteiger partial charge in [0.25, 0.3) is 0 Å². The number of hydrogen-bond acceptors (Lipinski definition) is 2. The van der Waals surface area contributed by atoms with Gasteiger partial charge in [-0.1, -0.05) is 20.8 Å². The van der Waals surface area contributed by atoms with E-state index >= 15 is 0 Å². The van der Waals surface area contributed by atoms with Gasteiger partial charge in [0.15, 0.2) is 0 Å². The molecule has 3 heteroatoms. The van der Waals surface area contributed by atoms with Gasteiger partial charge in [0.2, 0.25) is 5.91 Å². The molecule has 3 nitrogen and oxygen atoms in total. The fraction of sp³-hybridized carbons (Fsp3) is 0.750. The molecule has 0 aromatic heterocycles. The van der Waals surface area contributed by atoms with E-state index < -0.39 is 0 Å². The molecule has 0 fully saturated rings. The summed E-state index contributed by atoms with van der Waals surface area (Å²) in [5.74, 6) is 0.810. The first-order chi connectivity index (χ1) is 4.91. The molecule has 0 saturated carbocycles.